The summed E-state index contributed by atoms with van der Waals surface area (Å²) in [5.41, 5.74) is 0.693. The highest BCUT2D eigenvalue weighted by molar-refractivity contribution is 7.80. The summed E-state index contributed by atoms with van der Waals surface area (Å²) < 4.78 is 10.2. The van der Waals surface area contributed by atoms with Gasteiger partial charge in [-0.3, -0.25) is 4.79 Å². The van der Waals surface area contributed by atoms with Crippen LogP contribution in [0.5, 0.6) is 11.5 Å². The molecule has 0 bridgehead atoms. The molecule has 0 aliphatic carbocycles. The Labute approximate surface area is 117 Å². The van der Waals surface area contributed by atoms with E-state index in [4.69, 9.17) is 9.47 Å². The van der Waals surface area contributed by atoms with Gasteiger partial charge >= 0.3 is 0 Å². The number of rotatable bonds is 7. The van der Waals surface area contributed by atoms with Crippen molar-refractivity contribution in [2.45, 2.75) is 18.6 Å². The second-order valence-electron chi connectivity index (χ2n) is 3.98. The zero-order valence-electron chi connectivity index (χ0n) is 10.9. The Morgan fingerprint density at radius 3 is 2.37 bits per heavy atom. The van der Waals surface area contributed by atoms with E-state index in [2.05, 4.69) is 12.6 Å². The van der Waals surface area contributed by atoms with E-state index in [1.54, 1.807) is 0 Å². The third-order valence-corrected chi connectivity index (χ3v) is 3.08. The molecule has 0 radical (unpaired) electrons. The normalized spacial score (nSPS) is 13.7. The van der Waals surface area contributed by atoms with Crippen molar-refractivity contribution in [3.8, 4) is 11.5 Å². The number of aldehydes is 1. The summed E-state index contributed by atoms with van der Waals surface area (Å²) in [6.45, 7) is 0. The molecule has 0 saturated carbocycles. The second kappa shape index (κ2) is 7.37. The van der Waals surface area contributed by atoms with Crippen molar-refractivity contribution in [2.24, 2.45) is 0 Å². The zero-order valence-corrected chi connectivity index (χ0v) is 11.8. The molecule has 2 N–H and O–H groups in total. The van der Waals surface area contributed by atoms with Crippen molar-refractivity contribution < 1.29 is 24.5 Å². The Bertz CT molecular complexity index is 435. The fraction of sp³-hybridized carbons (Fsp3) is 0.462. The van der Waals surface area contributed by atoms with Crippen LogP contribution < -0.4 is 9.47 Å². The number of ether oxygens (including phenoxy) is 2. The van der Waals surface area contributed by atoms with E-state index >= 15 is 0 Å². The SMILES string of the molecule is COc1cc(C(O)C(O)CCS)c(OC)cc1C=O. The van der Waals surface area contributed by atoms with Gasteiger partial charge in [0.1, 0.15) is 17.6 Å². The van der Waals surface area contributed by atoms with Gasteiger partial charge in [0.15, 0.2) is 6.29 Å². The molecule has 19 heavy (non-hydrogen) atoms. The smallest absolute Gasteiger partial charge is 0.153 e. The number of aliphatic hydroxyl groups is 2. The molecule has 0 heterocycles. The standard InChI is InChI=1S/C13H18O5S/c1-17-11-6-9(13(16)10(15)3-4-19)12(18-2)5-8(11)7-14/h5-7,10,13,15-16,19H,3-4H2,1-2H3. The summed E-state index contributed by atoms with van der Waals surface area (Å²) in [6, 6.07) is 2.97. The van der Waals surface area contributed by atoms with Gasteiger partial charge in [-0.25, -0.2) is 0 Å². The summed E-state index contributed by atoms with van der Waals surface area (Å²) >= 11 is 4.01. The van der Waals surface area contributed by atoms with Gasteiger partial charge in [0.25, 0.3) is 0 Å². The van der Waals surface area contributed by atoms with Crippen molar-refractivity contribution in [2.75, 3.05) is 20.0 Å². The van der Waals surface area contributed by atoms with E-state index in [9.17, 15) is 15.0 Å². The van der Waals surface area contributed by atoms with Gasteiger partial charge in [0, 0.05) is 5.56 Å². The van der Waals surface area contributed by atoms with Gasteiger partial charge in [-0.05, 0) is 24.3 Å². The lowest BCUT2D eigenvalue weighted by molar-refractivity contribution is 0.0158. The third kappa shape index (κ3) is 3.62. The van der Waals surface area contributed by atoms with Gasteiger partial charge in [0.2, 0.25) is 0 Å². The lowest BCUT2D eigenvalue weighted by Gasteiger charge is -2.21. The quantitative estimate of drug-likeness (QED) is 0.519. The number of hydrogen-bond acceptors (Lipinski definition) is 6. The minimum Gasteiger partial charge on any atom is -0.496 e. The van der Waals surface area contributed by atoms with Crippen molar-refractivity contribution in [1.82, 2.24) is 0 Å². The zero-order chi connectivity index (χ0) is 14.4. The first kappa shape index (κ1) is 15.8. The molecule has 0 aliphatic rings. The minimum atomic E-state index is -1.13. The van der Waals surface area contributed by atoms with E-state index in [-0.39, 0.29) is 0 Å². The lowest BCUT2D eigenvalue weighted by Crippen LogP contribution is -2.19. The molecular weight excluding hydrogens is 268 g/mol. The third-order valence-electron chi connectivity index (χ3n) is 2.82. The molecule has 1 rings (SSSR count). The largest absolute Gasteiger partial charge is 0.496 e. The van der Waals surface area contributed by atoms with Gasteiger partial charge in [-0.2, -0.15) is 12.6 Å². The maximum absolute atomic E-state index is 10.9. The fourth-order valence-electron chi connectivity index (χ4n) is 1.77. The van der Waals surface area contributed by atoms with Crippen LogP contribution in [0, 0.1) is 0 Å². The van der Waals surface area contributed by atoms with Crippen LogP contribution in [0.4, 0.5) is 0 Å². The molecule has 0 aromatic heterocycles. The first-order valence-corrected chi connectivity index (χ1v) is 6.40. The van der Waals surface area contributed by atoms with Crippen molar-refractivity contribution in [3.63, 3.8) is 0 Å². The van der Waals surface area contributed by atoms with Crippen LogP contribution in [-0.2, 0) is 0 Å². The second-order valence-corrected chi connectivity index (χ2v) is 4.43. The first-order valence-electron chi connectivity index (χ1n) is 5.77. The number of thiol groups is 1. The first-order chi connectivity index (χ1) is 9.08. The molecule has 0 amide bonds. The molecule has 6 heteroatoms. The minimum absolute atomic E-state index is 0.319. The molecule has 106 valence electrons. The van der Waals surface area contributed by atoms with Crippen LogP contribution in [0.1, 0.15) is 28.4 Å². The summed E-state index contributed by atoms with van der Waals surface area (Å²) in [6.07, 6.45) is -1.11. The highest BCUT2D eigenvalue weighted by atomic mass is 32.1. The average Bonchev–Trinajstić information content (AvgIpc) is 2.45. The molecule has 0 spiro atoms. The fourth-order valence-corrected chi connectivity index (χ4v) is 2.03. The van der Waals surface area contributed by atoms with Crippen LogP contribution >= 0.6 is 12.6 Å². The van der Waals surface area contributed by atoms with Crippen molar-refractivity contribution >= 4 is 18.9 Å². The van der Waals surface area contributed by atoms with Crippen molar-refractivity contribution in [1.29, 1.82) is 0 Å². The number of carbonyl (C=O) groups excluding carboxylic acids is 1. The molecule has 2 unspecified atom stereocenters. The Morgan fingerprint density at radius 1 is 1.26 bits per heavy atom. The Hall–Kier alpha value is -1.24. The predicted molar refractivity (Wildman–Crippen MR) is 74.4 cm³/mol. The molecule has 0 saturated heterocycles. The molecule has 5 nitrogen and oxygen atoms in total. The Balaban J connectivity index is 3.21. The Kier molecular flexibility index (Phi) is 6.14. The van der Waals surface area contributed by atoms with Gasteiger partial charge in [-0.15, -0.1) is 0 Å². The number of carbonyl (C=O) groups is 1. The van der Waals surface area contributed by atoms with Crippen LogP contribution in [0.15, 0.2) is 12.1 Å². The van der Waals surface area contributed by atoms with E-state index < -0.39 is 12.2 Å². The average molecular weight is 286 g/mol. The molecule has 0 aliphatic heterocycles. The number of methoxy groups -OCH3 is 2. The predicted octanol–water partition coefficient (Wildman–Crippen LogP) is 1.23. The van der Waals surface area contributed by atoms with Crippen LogP contribution in [0.3, 0.4) is 0 Å². The van der Waals surface area contributed by atoms with Gasteiger partial charge in [0.05, 0.1) is 25.9 Å². The summed E-state index contributed by atoms with van der Waals surface area (Å²) in [5.74, 6) is 1.10. The van der Waals surface area contributed by atoms with Gasteiger partial charge < -0.3 is 19.7 Å². The number of benzene rings is 1. The van der Waals surface area contributed by atoms with E-state index in [0.29, 0.717) is 41.1 Å². The highest BCUT2D eigenvalue weighted by Crippen LogP contribution is 2.34. The molecule has 1 aromatic carbocycles. The van der Waals surface area contributed by atoms with E-state index in [1.165, 1.54) is 26.4 Å². The Morgan fingerprint density at radius 2 is 1.89 bits per heavy atom. The van der Waals surface area contributed by atoms with Crippen LogP contribution in [-0.4, -0.2) is 42.6 Å². The summed E-state index contributed by atoms with van der Waals surface area (Å²) in [7, 11) is 2.85. The monoisotopic (exact) mass is 286 g/mol. The molecule has 1 aromatic rings. The highest BCUT2D eigenvalue weighted by Gasteiger charge is 2.23. The number of aliphatic hydroxyl groups excluding tert-OH is 2. The van der Waals surface area contributed by atoms with Crippen LogP contribution in [0.25, 0.3) is 0 Å². The van der Waals surface area contributed by atoms with Gasteiger partial charge in [-0.1, -0.05) is 0 Å². The van der Waals surface area contributed by atoms with E-state index in [1.807, 2.05) is 0 Å². The number of hydrogen-bond donors (Lipinski definition) is 3. The molecule has 2 atom stereocenters. The maximum atomic E-state index is 10.9. The maximum Gasteiger partial charge on any atom is 0.153 e. The lowest BCUT2D eigenvalue weighted by atomic mass is 9.99. The van der Waals surface area contributed by atoms with E-state index in [0.717, 1.165) is 0 Å². The topological polar surface area (TPSA) is 76.0 Å². The molecular formula is C13H18O5S. The summed E-state index contributed by atoms with van der Waals surface area (Å²) in [4.78, 5) is 10.9. The van der Waals surface area contributed by atoms with Crippen LogP contribution in [0.2, 0.25) is 0 Å². The summed E-state index contributed by atoms with van der Waals surface area (Å²) in [5, 5.41) is 19.9. The molecule has 0 fully saturated rings. The van der Waals surface area contributed by atoms with Crippen molar-refractivity contribution in [3.05, 3.63) is 23.3 Å².